The third kappa shape index (κ3) is 3.68. The van der Waals surface area contributed by atoms with E-state index in [0.717, 1.165) is 37.9 Å². The number of carbonyl (C=O) groups is 1. The van der Waals surface area contributed by atoms with Gasteiger partial charge in [-0.05, 0) is 44.9 Å². The number of rotatable bonds is 6. The second-order valence-electron chi connectivity index (χ2n) is 9.13. The van der Waals surface area contributed by atoms with Crippen LogP contribution in [0.4, 0.5) is 0 Å². The van der Waals surface area contributed by atoms with Crippen molar-refractivity contribution in [2.75, 3.05) is 19.6 Å². The normalized spacial score (nSPS) is 33.0. The minimum Gasteiger partial charge on any atom is -0.360 e. The Kier molecular flexibility index (Phi) is 5.37. The largest absolute Gasteiger partial charge is 0.360 e. The summed E-state index contributed by atoms with van der Waals surface area (Å²) < 4.78 is 35.8. The molecule has 0 radical (unpaired) electrons. The van der Waals surface area contributed by atoms with E-state index in [4.69, 9.17) is 4.52 Å². The maximum atomic E-state index is 13.5. The Labute approximate surface area is 177 Å². The highest BCUT2D eigenvalue weighted by molar-refractivity contribution is 7.86. The molecule has 1 aromatic heterocycles. The molecule has 2 bridgehead atoms. The monoisotopic (exact) mass is 437 g/mol. The molecule has 1 amide bonds. The molecule has 4 fully saturated rings. The highest BCUT2D eigenvalue weighted by Gasteiger charge is 2.50. The van der Waals surface area contributed by atoms with E-state index in [0.29, 0.717) is 44.1 Å². The molecule has 30 heavy (non-hydrogen) atoms. The molecular weight excluding hydrogens is 406 g/mol. The Hall–Kier alpha value is -1.49. The van der Waals surface area contributed by atoms with Crippen molar-refractivity contribution in [3.8, 4) is 0 Å². The summed E-state index contributed by atoms with van der Waals surface area (Å²) in [5, 5.41) is 10.3. The van der Waals surface area contributed by atoms with Gasteiger partial charge in [-0.3, -0.25) is 4.79 Å². The number of nitrogens with zero attached hydrogens (tertiary/aromatic N) is 3. The third-order valence-electron chi connectivity index (χ3n) is 7.07. The van der Waals surface area contributed by atoms with Gasteiger partial charge in [-0.15, -0.1) is 0 Å². The molecule has 0 spiro atoms. The number of amides is 1. The zero-order valence-corrected chi connectivity index (χ0v) is 18.2. The van der Waals surface area contributed by atoms with Crippen LogP contribution in [0.25, 0.3) is 0 Å². The van der Waals surface area contributed by atoms with E-state index in [2.05, 4.69) is 15.8 Å². The maximum absolute atomic E-state index is 13.5. The summed E-state index contributed by atoms with van der Waals surface area (Å²) in [6, 6.07) is 1.62. The first kappa shape index (κ1) is 20.4. The van der Waals surface area contributed by atoms with Crippen LogP contribution in [-0.4, -0.2) is 71.9 Å². The zero-order chi connectivity index (χ0) is 20.9. The van der Waals surface area contributed by atoms with Gasteiger partial charge in [-0.1, -0.05) is 12.1 Å². The van der Waals surface area contributed by atoms with Gasteiger partial charge in [0.1, 0.15) is 5.76 Å². The molecule has 4 atom stereocenters. The number of piperazine rings is 1. The molecule has 5 rings (SSSR count). The molecule has 1 aliphatic carbocycles. The average molecular weight is 438 g/mol. The Morgan fingerprint density at radius 3 is 2.67 bits per heavy atom. The number of hydrogen-bond acceptors (Lipinski definition) is 6. The van der Waals surface area contributed by atoms with E-state index in [1.165, 1.54) is 0 Å². The topological polar surface area (TPSA) is 108 Å². The van der Waals surface area contributed by atoms with Crippen molar-refractivity contribution in [1.82, 2.24) is 24.4 Å². The summed E-state index contributed by atoms with van der Waals surface area (Å²) in [5.74, 6) is 0.988. The lowest BCUT2D eigenvalue weighted by molar-refractivity contribution is 0.0896. The van der Waals surface area contributed by atoms with E-state index in [-0.39, 0.29) is 30.1 Å². The van der Waals surface area contributed by atoms with Gasteiger partial charge in [0, 0.05) is 55.8 Å². The summed E-state index contributed by atoms with van der Waals surface area (Å²) >= 11 is 0. The van der Waals surface area contributed by atoms with E-state index in [1.807, 2.05) is 6.92 Å². The van der Waals surface area contributed by atoms with Crippen molar-refractivity contribution in [3.63, 3.8) is 0 Å². The summed E-state index contributed by atoms with van der Waals surface area (Å²) in [4.78, 5) is 12.6. The molecule has 9 nitrogen and oxygen atoms in total. The first-order valence-corrected chi connectivity index (χ1v) is 12.7. The zero-order valence-electron chi connectivity index (χ0n) is 17.4. The van der Waals surface area contributed by atoms with Gasteiger partial charge in [0.05, 0.1) is 0 Å². The van der Waals surface area contributed by atoms with Crippen molar-refractivity contribution in [1.29, 1.82) is 0 Å². The second-order valence-corrected chi connectivity index (χ2v) is 10.9. The van der Waals surface area contributed by atoms with Crippen LogP contribution in [0.2, 0.25) is 0 Å². The molecule has 1 aromatic rings. The molecule has 4 heterocycles. The number of piperidine rings is 1. The van der Waals surface area contributed by atoms with Gasteiger partial charge < -0.3 is 15.2 Å². The van der Waals surface area contributed by atoms with Crippen molar-refractivity contribution >= 4 is 16.1 Å². The smallest absolute Gasteiger partial charge is 0.282 e. The van der Waals surface area contributed by atoms with Crippen LogP contribution in [0.1, 0.15) is 74.0 Å². The van der Waals surface area contributed by atoms with Crippen molar-refractivity contribution in [3.05, 3.63) is 17.5 Å². The molecule has 10 heteroatoms. The lowest BCUT2D eigenvalue weighted by atomic mass is 9.99. The Balaban J connectivity index is 1.25. The van der Waals surface area contributed by atoms with Crippen LogP contribution in [0.5, 0.6) is 0 Å². The molecule has 2 unspecified atom stereocenters. The molecular formula is C20H31N5O4S. The summed E-state index contributed by atoms with van der Waals surface area (Å²) in [6.07, 6.45) is 6.00. The summed E-state index contributed by atoms with van der Waals surface area (Å²) in [5.41, 5.74) is 0.325. The van der Waals surface area contributed by atoms with E-state index in [1.54, 1.807) is 14.7 Å². The fourth-order valence-electron chi connectivity index (χ4n) is 5.36. The SMILES string of the molecule is CCC1CNCCN1S(=O)(=O)N1[C@@H]2CC[C@H]1CC(NC(=O)c1cc(C3CC3)on1)C2. The second kappa shape index (κ2) is 7.89. The van der Waals surface area contributed by atoms with Crippen molar-refractivity contribution in [2.24, 2.45) is 0 Å². The van der Waals surface area contributed by atoms with E-state index < -0.39 is 10.2 Å². The fraction of sp³-hybridized carbons (Fsp3) is 0.800. The highest BCUT2D eigenvalue weighted by atomic mass is 32.2. The van der Waals surface area contributed by atoms with Gasteiger partial charge >= 0.3 is 0 Å². The number of hydrogen-bond donors (Lipinski definition) is 2. The minimum atomic E-state index is -3.50. The summed E-state index contributed by atoms with van der Waals surface area (Å²) in [7, 11) is -3.50. The third-order valence-corrected chi connectivity index (χ3v) is 9.27. The van der Waals surface area contributed by atoms with Gasteiger partial charge in [-0.25, -0.2) is 0 Å². The quantitative estimate of drug-likeness (QED) is 0.693. The Bertz CT molecular complexity index is 885. The van der Waals surface area contributed by atoms with Gasteiger partial charge in [0.2, 0.25) is 0 Å². The maximum Gasteiger partial charge on any atom is 0.282 e. The number of carbonyl (C=O) groups excluding carboxylic acids is 1. The molecule has 1 saturated carbocycles. The van der Waals surface area contributed by atoms with Crippen molar-refractivity contribution < 1.29 is 17.7 Å². The Morgan fingerprint density at radius 1 is 1.27 bits per heavy atom. The lowest BCUT2D eigenvalue weighted by Crippen LogP contribution is -2.61. The molecule has 4 aliphatic rings. The predicted octanol–water partition coefficient (Wildman–Crippen LogP) is 1.21. The summed E-state index contributed by atoms with van der Waals surface area (Å²) in [6.45, 7) is 3.96. The molecule has 166 valence electrons. The predicted molar refractivity (Wildman–Crippen MR) is 110 cm³/mol. The van der Waals surface area contributed by atoms with Crippen LogP contribution >= 0.6 is 0 Å². The Morgan fingerprint density at radius 2 is 2.00 bits per heavy atom. The van der Waals surface area contributed by atoms with Crippen LogP contribution in [0, 0.1) is 0 Å². The van der Waals surface area contributed by atoms with Crippen molar-refractivity contribution in [2.45, 2.75) is 82.0 Å². The van der Waals surface area contributed by atoms with Crippen LogP contribution < -0.4 is 10.6 Å². The molecule has 3 saturated heterocycles. The first-order valence-electron chi connectivity index (χ1n) is 11.3. The molecule has 2 N–H and O–H groups in total. The first-order chi connectivity index (χ1) is 14.5. The number of nitrogens with one attached hydrogen (secondary N) is 2. The van der Waals surface area contributed by atoms with Crippen LogP contribution in [0.15, 0.2) is 10.6 Å². The highest BCUT2D eigenvalue weighted by Crippen LogP contribution is 2.41. The van der Waals surface area contributed by atoms with Gasteiger partial charge in [0.25, 0.3) is 16.1 Å². The van der Waals surface area contributed by atoms with Crippen LogP contribution in [-0.2, 0) is 10.2 Å². The standard InChI is InChI=1S/C20H31N5O4S/c1-2-15-12-21-7-8-24(15)30(27,28)25-16-5-6-17(25)10-14(9-16)22-20(26)18-11-19(29-23-18)13-3-4-13/h11,13-17,21H,2-10,12H2,1H3,(H,22,26)/t14?,15?,16-,17+. The number of aromatic nitrogens is 1. The lowest BCUT2D eigenvalue weighted by Gasteiger charge is -2.43. The minimum absolute atomic E-state index is 0.00778. The van der Waals surface area contributed by atoms with Crippen LogP contribution in [0.3, 0.4) is 0 Å². The van der Waals surface area contributed by atoms with Gasteiger partial charge in [-0.2, -0.15) is 17.0 Å². The molecule has 0 aromatic carbocycles. The van der Waals surface area contributed by atoms with Gasteiger partial charge in [0.15, 0.2) is 5.69 Å². The fourth-order valence-corrected chi connectivity index (χ4v) is 7.66. The number of fused-ring (bicyclic) bond motifs is 2. The molecule has 3 aliphatic heterocycles. The van der Waals surface area contributed by atoms with E-state index >= 15 is 0 Å². The average Bonchev–Trinajstić information content (AvgIpc) is 3.39. The van der Waals surface area contributed by atoms with E-state index in [9.17, 15) is 13.2 Å².